The molecule has 0 aliphatic heterocycles. The van der Waals surface area contributed by atoms with Crippen LogP contribution < -0.4 is 10.5 Å². The first kappa shape index (κ1) is 15.2. The summed E-state index contributed by atoms with van der Waals surface area (Å²) in [4.78, 5) is 4.58. The quantitative estimate of drug-likeness (QED) is 0.620. The Bertz CT molecular complexity index is 1030. The van der Waals surface area contributed by atoms with Crippen LogP contribution in [0.3, 0.4) is 0 Å². The number of aromatic nitrogens is 5. The van der Waals surface area contributed by atoms with E-state index in [2.05, 4.69) is 15.2 Å². The molecule has 0 aliphatic rings. The molecule has 0 spiro atoms. The minimum atomic E-state index is 0.474. The Morgan fingerprint density at radius 1 is 1.12 bits per heavy atom. The summed E-state index contributed by atoms with van der Waals surface area (Å²) in [5.74, 6) is 1.30. The zero-order valence-corrected chi connectivity index (χ0v) is 14.0. The lowest BCUT2D eigenvalue weighted by atomic mass is 10.1. The summed E-state index contributed by atoms with van der Waals surface area (Å²) in [5, 5.41) is 9.49. The molecule has 4 aromatic rings. The predicted molar refractivity (Wildman–Crippen MR) is 96.2 cm³/mol. The summed E-state index contributed by atoms with van der Waals surface area (Å²) in [6, 6.07) is 9.88. The van der Waals surface area contributed by atoms with E-state index in [1.54, 1.807) is 18.0 Å². The van der Waals surface area contributed by atoms with Crippen molar-refractivity contribution in [3.63, 3.8) is 0 Å². The lowest BCUT2D eigenvalue weighted by Crippen LogP contribution is -2.03. The number of ether oxygens (including phenoxy) is 1. The number of nitrogens with zero attached hydrogens (tertiary/aromatic N) is 5. The third-order valence-corrected chi connectivity index (χ3v) is 4.15. The fourth-order valence-electron chi connectivity index (χ4n) is 2.83. The van der Waals surface area contributed by atoms with Gasteiger partial charge in [-0.3, -0.25) is 4.68 Å². The van der Waals surface area contributed by atoms with Gasteiger partial charge in [0.25, 0.3) is 0 Å². The number of aryl methyl sites for hydroxylation is 1. The largest absolute Gasteiger partial charge is 0.497 e. The van der Waals surface area contributed by atoms with Crippen LogP contribution >= 0.6 is 0 Å². The fourth-order valence-corrected chi connectivity index (χ4v) is 2.83. The number of nitrogens with two attached hydrogens (primary N) is 1. The maximum atomic E-state index is 6.12. The van der Waals surface area contributed by atoms with Crippen molar-refractivity contribution in [3.8, 4) is 16.9 Å². The van der Waals surface area contributed by atoms with E-state index in [-0.39, 0.29) is 0 Å². The second-order valence-corrected chi connectivity index (χ2v) is 5.89. The number of rotatable bonds is 4. The molecule has 7 nitrogen and oxygen atoms in total. The summed E-state index contributed by atoms with van der Waals surface area (Å²) < 4.78 is 8.77. The van der Waals surface area contributed by atoms with E-state index in [0.29, 0.717) is 12.4 Å². The summed E-state index contributed by atoms with van der Waals surface area (Å²) in [6.07, 6.45) is 5.58. The maximum absolute atomic E-state index is 6.12. The second-order valence-electron chi connectivity index (χ2n) is 5.89. The lowest BCUT2D eigenvalue weighted by molar-refractivity contribution is 0.414. The van der Waals surface area contributed by atoms with Crippen molar-refractivity contribution in [2.75, 3.05) is 12.8 Å². The van der Waals surface area contributed by atoms with Gasteiger partial charge >= 0.3 is 0 Å². The highest BCUT2D eigenvalue weighted by atomic mass is 16.5. The second kappa shape index (κ2) is 5.94. The topological polar surface area (TPSA) is 83.8 Å². The molecule has 0 saturated heterocycles. The molecular weight excluding hydrogens is 316 g/mol. The van der Waals surface area contributed by atoms with Crippen molar-refractivity contribution in [2.45, 2.75) is 6.54 Å². The van der Waals surface area contributed by atoms with Crippen LogP contribution in [0.5, 0.6) is 5.75 Å². The monoisotopic (exact) mass is 334 g/mol. The average molecular weight is 334 g/mol. The molecule has 0 saturated carbocycles. The van der Waals surface area contributed by atoms with E-state index in [9.17, 15) is 0 Å². The van der Waals surface area contributed by atoms with Gasteiger partial charge in [0.1, 0.15) is 5.75 Å². The number of methoxy groups -OCH3 is 1. The van der Waals surface area contributed by atoms with E-state index in [1.165, 1.54) is 0 Å². The van der Waals surface area contributed by atoms with Crippen LogP contribution in [0, 0.1) is 0 Å². The van der Waals surface area contributed by atoms with E-state index in [0.717, 1.165) is 33.5 Å². The average Bonchev–Trinajstić information content (AvgIpc) is 3.19. The Balaban J connectivity index is 1.70. The Morgan fingerprint density at radius 2 is 1.92 bits per heavy atom. The number of benzene rings is 1. The molecule has 0 aliphatic carbocycles. The summed E-state index contributed by atoms with van der Waals surface area (Å²) in [6.45, 7) is 0.594. The lowest BCUT2D eigenvalue weighted by Gasteiger charge is -2.05. The third-order valence-electron chi connectivity index (χ3n) is 4.15. The number of hydrogen-bond acceptors (Lipinski definition) is 5. The Kier molecular flexibility index (Phi) is 3.61. The summed E-state index contributed by atoms with van der Waals surface area (Å²) >= 11 is 0. The van der Waals surface area contributed by atoms with Crippen LogP contribution in [0.1, 0.15) is 5.56 Å². The molecular formula is C18H18N6O. The van der Waals surface area contributed by atoms with Gasteiger partial charge in [0, 0.05) is 30.6 Å². The van der Waals surface area contributed by atoms with Gasteiger partial charge in [-0.2, -0.15) is 10.2 Å². The van der Waals surface area contributed by atoms with E-state index >= 15 is 0 Å². The molecule has 3 aromatic heterocycles. The molecule has 1 aromatic carbocycles. The first-order chi connectivity index (χ1) is 12.1. The molecule has 4 rings (SSSR count). The van der Waals surface area contributed by atoms with Crippen molar-refractivity contribution in [1.29, 1.82) is 0 Å². The number of nitrogen functional groups attached to an aromatic ring is 1. The zero-order valence-electron chi connectivity index (χ0n) is 14.0. The van der Waals surface area contributed by atoms with Crippen molar-refractivity contribution < 1.29 is 4.74 Å². The van der Waals surface area contributed by atoms with E-state index in [4.69, 9.17) is 10.5 Å². The van der Waals surface area contributed by atoms with Gasteiger partial charge in [0.05, 0.1) is 25.2 Å². The van der Waals surface area contributed by atoms with Crippen molar-refractivity contribution in [3.05, 3.63) is 54.5 Å². The molecule has 7 heteroatoms. The van der Waals surface area contributed by atoms with E-state index < -0.39 is 0 Å². The van der Waals surface area contributed by atoms with Crippen LogP contribution in [0.4, 0.5) is 5.82 Å². The van der Waals surface area contributed by atoms with Crippen LogP contribution in [-0.2, 0) is 13.6 Å². The maximum Gasteiger partial charge on any atom is 0.160 e. The van der Waals surface area contributed by atoms with Crippen LogP contribution in [-0.4, -0.2) is 31.7 Å². The number of anilines is 1. The van der Waals surface area contributed by atoms with Crippen molar-refractivity contribution in [2.24, 2.45) is 7.05 Å². The summed E-state index contributed by atoms with van der Waals surface area (Å²) in [5.41, 5.74) is 9.95. The van der Waals surface area contributed by atoms with Gasteiger partial charge in [0.15, 0.2) is 11.5 Å². The number of hydrogen-bond donors (Lipinski definition) is 1. The normalized spacial score (nSPS) is 11.1. The first-order valence-electron chi connectivity index (χ1n) is 7.88. The van der Waals surface area contributed by atoms with Gasteiger partial charge in [-0.25, -0.2) is 9.67 Å². The van der Waals surface area contributed by atoms with Gasteiger partial charge in [-0.1, -0.05) is 12.1 Å². The van der Waals surface area contributed by atoms with Crippen LogP contribution in [0.2, 0.25) is 0 Å². The van der Waals surface area contributed by atoms with Gasteiger partial charge in [-0.15, -0.1) is 0 Å². The highest BCUT2D eigenvalue weighted by molar-refractivity contribution is 5.89. The molecule has 0 bridgehead atoms. The molecule has 0 amide bonds. The molecule has 0 fully saturated rings. The van der Waals surface area contributed by atoms with Gasteiger partial charge in [0.2, 0.25) is 0 Å². The van der Waals surface area contributed by atoms with E-state index in [1.807, 2.05) is 54.5 Å². The smallest absolute Gasteiger partial charge is 0.160 e. The molecule has 2 N–H and O–H groups in total. The molecule has 0 atom stereocenters. The Morgan fingerprint density at radius 3 is 2.60 bits per heavy atom. The fraction of sp³-hybridized carbons (Fsp3) is 0.167. The molecule has 126 valence electrons. The predicted octanol–water partition coefficient (Wildman–Crippen LogP) is 2.47. The Hall–Kier alpha value is -3.35. The molecule has 0 unspecified atom stereocenters. The Labute approximate surface area is 144 Å². The SMILES string of the molecule is COc1ccc(Cn2nc(N)c3cc(-c4cnn(C)c4)cnc32)cc1. The first-order valence-corrected chi connectivity index (χ1v) is 7.88. The van der Waals surface area contributed by atoms with Gasteiger partial charge < -0.3 is 10.5 Å². The number of fused-ring (bicyclic) bond motifs is 1. The zero-order chi connectivity index (χ0) is 17.4. The minimum absolute atomic E-state index is 0.474. The van der Waals surface area contributed by atoms with Crippen LogP contribution in [0.15, 0.2) is 48.9 Å². The minimum Gasteiger partial charge on any atom is -0.497 e. The standard InChI is InChI=1S/C18H18N6O/c1-23-11-14(9-21-23)13-7-16-17(19)22-24(18(16)20-8-13)10-12-3-5-15(25-2)6-4-12/h3-9,11H,10H2,1-2H3,(H2,19,22). The number of pyridine rings is 1. The van der Waals surface area contributed by atoms with Crippen molar-refractivity contribution in [1.82, 2.24) is 24.5 Å². The van der Waals surface area contributed by atoms with Crippen molar-refractivity contribution >= 4 is 16.9 Å². The molecule has 3 heterocycles. The third kappa shape index (κ3) is 2.80. The highest BCUT2D eigenvalue weighted by Gasteiger charge is 2.12. The highest BCUT2D eigenvalue weighted by Crippen LogP contribution is 2.26. The molecule has 0 radical (unpaired) electrons. The van der Waals surface area contributed by atoms with Gasteiger partial charge in [-0.05, 0) is 23.8 Å². The van der Waals surface area contributed by atoms with Crippen LogP contribution in [0.25, 0.3) is 22.2 Å². The summed E-state index contributed by atoms with van der Waals surface area (Å²) in [7, 11) is 3.54. The molecule has 25 heavy (non-hydrogen) atoms.